The van der Waals surface area contributed by atoms with Crippen molar-refractivity contribution in [2.24, 2.45) is 0 Å². The molecule has 4 heteroatoms. The van der Waals surface area contributed by atoms with Crippen molar-refractivity contribution in [2.75, 3.05) is 6.61 Å². The molecule has 1 aliphatic heterocycles. The lowest BCUT2D eigenvalue weighted by atomic mass is 9.79. The minimum Gasteiger partial charge on any atom is -0.493 e. The fourth-order valence-electron chi connectivity index (χ4n) is 2.79. The van der Waals surface area contributed by atoms with Gasteiger partial charge in [-0.05, 0) is 35.6 Å². The highest BCUT2D eigenvalue weighted by atomic mass is 16.5. The lowest BCUT2D eigenvalue weighted by Crippen LogP contribution is -2.27. The highest BCUT2D eigenvalue weighted by Gasteiger charge is 2.29. The first-order chi connectivity index (χ1) is 11.5. The van der Waals surface area contributed by atoms with Gasteiger partial charge < -0.3 is 9.47 Å². The van der Waals surface area contributed by atoms with Crippen molar-refractivity contribution >= 4 is 12.3 Å². The lowest BCUT2D eigenvalue weighted by molar-refractivity contribution is 0.0472. The Hall–Kier alpha value is -2.62. The van der Waals surface area contributed by atoms with Crippen molar-refractivity contribution in [3.05, 3.63) is 64.7 Å². The van der Waals surface area contributed by atoms with Crippen LogP contribution in [0.2, 0.25) is 0 Å². The number of hydrogen-bond acceptors (Lipinski definition) is 4. The monoisotopic (exact) mass is 324 g/mol. The topological polar surface area (TPSA) is 52.6 Å². The number of fused-ring (bicyclic) bond motifs is 1. The average molecular weight is 324 g/mol. The Morgan fingerprint density at radius 2 is 1.96 bits per heavy atom. The molecule has 0 radical (unpaired) electrons. The van der Waals surface area contributed by atoms with Crippen LogP contribution >= 0.6 is 0 Å². The van der Waals surface area contributed by atoms with Crippen LogP contribution < -0.4 is 4.74 Å². The minimum atomic E-state index is -0.362. The van der Waals surface area contributed by atoms with Gasteiger partial charge in [0, 0.05) is 11.1 Å². The molecule has 0 saturated heterocycles. The minimum absolute atomic E-state index is 0.0193. The van der Waals surface area contributed by atoms with E-state index in [9.17, 15) is 9.59 Å². The van der Waals surface area contributed by atoms with Crippen molar-refractivity contribution in [1.29, 1.82) is 0 Å². The van der Waals surface area contributed by atoms with E-state index >= 15 is 0 Å². The van der Waals surface area contributed by atoms with Crippen molar-refractivity contribution in [1.82, 2.24) is 0 Å². The Labute approximate surface area is 141 Å². The van der Waals surface area contributed by atoms with Gasteiger partial charge in [-0.1, -0.05) is 38.1 Å². The second kappa shape index (κ2) is 6.48. The van der Waals surface area contributed by atoms with Gasteiger partial charge in [0.1, 0.15) is 18.6 Å². The number of hydrogen-bond donors (Lipinski definition) is 0. The molecule has 0 aliphatic carbocycles. The number of benzene rings is 2. The summed E-state index contributed by atoms with van der Waals surface area (Å²) < 4.78 is 11.0. The predicted molar refractivity (Wildman–Crippen MR) is 90.5 cm³/mol. The Morgan fingerprint density at radius 1 is 1.21 bits per heavy atom. The molecule has 2 aromatic rings. The maximum absolute atomic E-state index is 12.3. The summed E-state index contributed by atoms with van der Waals surface area (Å²) in [5.41, 5.74) is 2.99. The smallest absolute Gasteiger partial charge is 0.338 e. The van der Waals surface area contributed by atoms with Crippen molar-refractivity contribution < 1.29 is 19.1 Å². The molecule has 0 unspecified atom stereocenters. The van der Waals surface area contributed by atoms with E-state index in [1.807, 2.05) is 12.1 Å². The molecule has 0 spiro atoms. The van der Waals surface area contributed by atoms with Crippen molar-refractivity contribution in [2.45, 2.75) is 32.3 Å². The van der Waals surface area contributed by atoms with E-state index in [4.69, 9.17) is 9.47 Å². The zero-order chi connectivity index (χ0) is 17.2. The molecule has 0 amide bonds. The number of ether oxygens (including phenoxy) is 2. The van der Waals surface area contributed by atoms with Crippen LogP contribution in [0.1, 0.15) is 52.1 Å². The van der Waals surface area contributed by atoms with Crippen LogP contribution in [0.25, 0.3) is 0 Å². The fourth-order valence-corrected chi connectivity index (χ4v) is 2.79. The molecule has 0 saturated carbocycles. The zero-order valence-electron chi connectivity index (χ0n) is 13.9. The molecular weight excluding hydrogens is 304 g/mol. The standard InChI is InChI=1S/C20H20O4/c1-20(2)9-10-23-18-8-7-16(11-17(18)20)19(22)24-13-15-5-3-14(12-21)4-6-15/h3-8,11-12H,9-10,13H2,1-2H3. The van der Waals surface area contributed by atoms with Crippen LogP contribution in [0.15, 0.2) is 42.5 Å². The maximum Gasteiger partial charge on any atom is 0.338 e. The van der Waals surface area contributed by atoms with Gasteiger partial charge in [0.25, 0.3) is 0 Å². The number of carbonyl (C=O) groups is 2. The molecule has 1 heterocycles. The molecule has 0 N–H and O–H groups in total. The number of aldehydes is 1. The Balaban J connectivity index is 1.72. The molecule has 0 atom stereocenters. The largest absolute Gasteiger partial charge is 0.493 e. The highest BCUT2D eigenvalue weighted by Crippen LogP contribution is 2.38. The second-order valence-corrected chi connectivity index (χ2v) is 6.63. The third-order valence-electron chi connectivity index (χ3n) is 4.41. The molecule has 0 fully saturated rings. The summed E-state index contributed by atoms with van der Waals surface area (Å²) in [6, 6.07) is 12.4. The van der Waals surface area contributed by atoms with Gasteiger partial charge in [0.15, 0.2) is 0 Å². The highest BCUT2D eigenvalue weighted by molar-refractivity contribution is 5.90. The molecule has 4 nitrogen and oxygen atoms in total. The first-order valence-corrected chi connectivity index (χ1v) is 7.98. The quantitative estimate of drug-likeness (QED) is 0.632. The first kappa shape index (κ1) is 16.2. The van der Waals surface area contributed by atoms with Gasteiger partial charge in [-0.3, -0.25) is 4.79 Å². The van der Waals surface area contributed by atoms with Crippen molar-refractivity contribution in [3.63, 3.8) is 0 Å². The second-order valence-electron chi connectivity index (χ2n) is 6.63. The van der Waals surface area contributed by atoms with E-state index in [0.29, 0.717) is 17.7 Å². The van der Waals surface area contributed by atoms with Gasteiger partial charge in [-0.25, -0.2) is 4.79 Å². The van der Waals surface area contributed by atoms with Gasteiger partial charge in [0.2, 0.25) is 0 Å². The molecule has 24 heavy (non-hydrogen) atoms. The van der Waals surface area contributed by atoms with E-state index in [1.165, 1.54) is 0 Å². The van der Waals surface area contributed by atoms with E-state index < -0.39 is 0 Å². The van der Waals surface area contributed by atoms with Crippen LogP contribution in [-0.4, -0.2) is 18.9 Å². The molecule has 0 aromatic heterocycles. The van der Waals surface area contributed by atoms with E-state index in [0.717, 1.165) is 29.6 Å². The first-order valence-electron chi connectivity index (χ1n) is 7.98. The number of esters is 1. The third kappa shape index (κ3) is 3.32. The van der Waals surface area contributed by atoms with Gasteiger partial charge >= 0.3 is 5.97 Å². The predicted octanol–water partition coefficient (Wildman–Crippen LogP) is 3.92. The van der Waals surface area contributed by atoms with E-state index in [1.54, 1.807) is 30.3 Å². The SMILES string of the molecule is CC1(C)CCOc2ccc(C(=O)OCc3ccc(C=O)cc3)cc21. The summed E-state index contributed by atoms with van der Waals surface area (Å²) in [6.45, 7) is 5.17. The summed E-state index contributed by atoms with van der Waals surface area (Å²) in [4.78, 5) is 23.0. The normalized spacial score (nSPS) is 15.1. The van der Waals surface area contributed by atoms with Crippen LogP contribution in [0.3, 0.4) is 0 Å². The molecule has 2 aromatic carbocycles. The van der Waals surface area contributed by atoms with E-state index in [-0.39, 0.29) is 18.0 Å². The summed E-state index contributed by atoms with van der Waals surface area (Å²) in [6.07, 6.45) is 1.70. The fraction of sp³-hybridized carbons (Fsp3) is 0.300. The Morgan fingerprint density at radius 3 is 2.67 bits per heavy atom. The van der Waals surface area contributed by atoms with Crippen LogP contribution in [0.5, 0.6) is 5.75 Å². The van der Waals surface area contributed by atoms with Crippen LogP contribution in [-0.2, 0) is 16.8 Å². The average Bonchev–Trinajstić information content (AvgIpc) is 2.59. The summed E-state index contributed by atoms with van der Waals surface area (Å²) >= 11 is 0. The molecular formula is C20H20O4. The summed E-state index contributed by atoms with van der Waals surface area (Å²) in [7, 11) is 0. The maximum atomic E-state index is 12.3. The molecule has 1 aliphatic rings. The lowest BCUT2D eigenvalue weighted by Gasteiger charge is -2.32. The Kier molecular flexibility index (Phi) is 4.38. The van der Waals surface area contributed by atoms with Crippen LogP contribution in [0, 0.1) is 0 Å². The molecule has 124 valence electrons. The number of carbonyl (C=O) groups excluding carboxylic acids is 2. The van der Waals surface area contributed by atoms with Crippen molar-refractivity contribution in [3.8, 4) is 5.75 Å². The van der Waals surface area contributed by atoms with E-state index in [2.05, 4.69) is 13.8 Å². The van der Waals surface area contributed by atoms with Crippen LogP contribution in [0.4, 0.5) is 0 Å². The Bertz CT molecular complexity index is 760. The molecule has 0 bridgehead atoms. The van der Waals surface area contributed by atoms with Gasteiger partial charge in [-0.2, -0.15) is 0 Å². The number of rotatable bonds is 4. The summed E-state index contributed by atoms with van der Waals surface area (Å²) in [5.74, 6) is 0.478. The zero-order valence-corrected chi connectivity index (χ0v) is 13.9. The van der Waals surface area contributed by atoms with Gasteiger partial charge in [0.05, 0.1) is 12.2 Å². The molecule has 3 rings (SSSR count). The summed E-state index contributed by atoms with van der Waals surface area (Å²) in [5, 5.41) is 0. The third-order valence-corrected chi connectivity index (χ3v) is 4.41. The van der Waals surface area contributed by atoms with Gasteiger partial charge in [-0.15, -0.1) is 0 Å².